The predicted octanol–water partition coefficient (Wildman–Crippen LogP) is 0.832. The highest BCUT2D eigenvalue weighted by molar-refractivity contribution is 5.81. The zero-order valence-electron chi connectivity index (χ0n) is 7.66. The minimum absolute atomic E-state index is 0.265. The molecule has 1 saturated carbocycles. The molecule has 2 saturated heterocycles. The number of hydrogen-bond acceptors (Lipinski definition) is 2. The molecule has 2 bridgehead atoms. The van der Waals surface area contributed by atoms with Gasteiger partial charge in [-0.15, -0.1) is 0 Å². The summed E-state index contributed by atoms with van der Waals surface area (Å²) in [4.78, 5) is 11.5. The highest BCUT2D eigenvalue weighted by atomic mass is 16.5. The monoisotopic (exact) mass is 181 g/mol. The van der Waals surface area contributed by atoms with Gasteiger partial charge in [-0.1, -0.05) is 0 Å². The maximum atomic E-state index is 11.5. The molecule has 0 aromatic carbocycles. The van der Waals surface area contributed by atoms with Crippen LogP contribution in [0.3, 0.4) is 0 Å². The van der Waals surface area contributed by atoms with Crippen molar-refractivity contribution >= 4 is 5.91 Å². The van der Waals surface area contributed by atoms with Crippen LogP contribution in [-0.4, -0.2) is 24.2 Å². The molecule has 1 amide bonds. The van der Waals surface area contributed by atoms with Gasteiger partial charge in [0.1, 0.15) is 0 Å². The van der Waals surface area contributed by atoms with Gasteiger partial charge in [-0.25, -0.2) is 0 Å². The molecule has 3 fully saturated rings. The smallest absolute Gasteiger partial charge is 0.223 e. The second-order valence-corrected chi connectivity index (χ2v) is 4.50. The molecule has 2 heterocycles. The molecule has 0 radical (unpaired) electrons. The molecule has 2 aliphatic heterocycles. The van der Waals surface area contributed by atoms with Gasteiger partial charge in [-0.2, -0.15) is 0 Å². The molecular weight excluding hydrogens is 166 g/mol. The molecular formula is C10H15NO2. The van der Waals surface area contributed by atoms with Crippen molar-refractivity contribution in [3.05, 3.63) is 0 Å². The number of carbonyl (C=O) groups excluding carboxylic acids is 1. The van der Waals surface area contributed by atoms with E-state index in [9.17, 15) is 4.79 Å². The van der Waals surface area contributed by atoms with E-state index in [1.807, 2.05) is 0 Å². The maximum absolute atomic E-state index is 11.5. The molecule has 0 spiro atoms. The first kappa shape index (κ1) is 7.80. The summed E-state index contributed by atoms with van der Waals surface area (Å²) in [6.45, 7) is 0. The summed E-state index contributed by atoms with van der Waals surface area (Å²) in [6.07, 6.45) is 6.33. The molecule has 1 N–H and O–H groups in total. The van der Waals surface area contributed by atoms with Gasteiger partial charge in [-0.05, 0) is 32.1 Å². The predicted molar refractivity (Wildman–Crippen MR) is 47.2 cm³/mol. The van der Waals surface area contributed by atoms with Crippen molar-refractivity contribution in [2.45, 2.75) is 50.4 Å². The molecule has 72 valence electrons. The summed E-state index contributed by atoms with van der Waals surface area (Å²) in [5.41, 5.74) is 0. The number of rotatable bonds is 2. The minimum Gasteiger partial charge on any atom is -0.373 e. The summed E-state index contributed by atoms with van der Waals surface area (Å²) in [5.74, 6) is 0.597. The van der Waals surface area contributed by atoms with Crippen molar-refractivity contribution in [2.24, 2.45) is 5.92 Å². The van der Waals surface area contributed by atoms with E-state index in [4.69, 9.17) is 4.74 Å². The van der Waals surface area contributed by atoms with Gasteiger partial charge in [-0.3, -0.25) is 4.79 Å². The zero-order chi connectivity index (χ0) is 8.84. The lowest BCUT2D eigenvalue weighted by Gasteiger charge is -2.19. The molecule has 3 nitrogen and oxygen atoms in total. The Hall–Kier alpha value is -0.570. The first-order valence-corrected chi connectivity index (χ1v) is 5.29. The van der Waals surface area contributed by atoms with E-state index < -0.39 is 0 Å². The molecule has 3 heteroatoms. The lowest BCUT2D eigenvalue weighted by Crippen LogP contribution is -2.42. The van der Waals surface area contributed by atoms with Gasteiger partial charge < -0.3 is 10.1 Å². The fraction of sp³-hybridized carbons (Fsp3) is 0.900. The molecule has 0 aromatic rings. The Morgan fingerprint density at radius 1 is 1.23 bits per heavy atom. The normalized spacial score (nSPS) is 42.3. The van der Waals surface area contributed by atoms with Gasteiger partial charge in [0.2, 0.25) is 5.91 Å². The topological polar surface area (TPSA) is 38.3 Å². The van der Waals surface area contributed by atoms with Crippen LogP contribution < -0.4 is 5.32 Å². The lowest BCUT2D eigenvalue weighted by molar-refractivity contribution is -0.123. The second kappa shape index (κ2) is 2.71. The molecule has 3 aliphatic rings. The van der Waals surface area contributed by atoms with Crippen LogP contribution in [0, 0.1) is 5.92 Å². The number of hydrogen-bond donors (Lipinski definition) is 1. The fourth-order valence-electron chi connectivity index (χ4n) is 2.44. The Labute approximate surface area is 77.8 Å². The van der Waals surface area contributed by atoms with E-state index in [-0.39, 0.29) is 5.91 Å². The van der Waals surface area contributed by atoms with Gasteiger partial charge >= 0.3 is 0 Å². The summed E-state index contributed by atoms with van der Waals surface area (Å²) in [7, 11) is 0. The summed E-state index contributed by atoms with van der Waals surface area (Å²) >= 11 is 0. The van der Waals surface area contributed by atoms with Crippen molar-refractivity contribution in [2.75, 3.05) is 0 Å². The van der Waals surface area contributed by atoms with E-state index >= 15 is 0 Å². The van der Waals surface area contributed by atoms with Gasteiger partial charge in [0.05, 0.1) is 18.2 Å². The van der Waals surface area contributed by atoms with Crippen molar-refractivity contribution in [1.82, 2.24) is 5.32 Å². The van der Waals surface area contributed by atoms with Crippen molar-refractivity contribution in [3.63, 3.8) is 0 Å². The van der Waals surface area contributed by atoms with Crippen LogP contribution in [0.4, 0.5) is 0 Å². The third kappa shape index (κ3) is 1.35. The number of carbonyl (C=O) groups is 1. The Kier molecular flexibility index (Phi) is 1.62. The summed E-state index contributed by atoms with van der Waals surface area (Å²) < 4.78 is 5.67. The minimum atomic E-state index is 0.265. The average molecular weight is 181 g/mol. The van der Waals surface area contributed by atoms with Crippen molar-refractivity contribution in [1.29, 1.82) is 0 Å². The highest BCUT2D eigenvalue weighted by Gasteiger charge is 2.42. The lowest BCUT2D eigenvalue weighted by atomic mass is 9.95. The average Bonchev–Trinajstić information content (AvgIpc) is 2.79. The Morgan fingerprint density at radius 2 is 2.08 bits per heavy atom. The van der Waals surface area contributed by atoms with Crippen LogP contribution in [0.2, 0.25) is 0 Å². The third-order valence-electron chi connectivity index (χ3n) is 3.38. The molecule has 3 atom stereocenters. The zero-order valence-corrected chi connectivity index (χ0v) is 7.66. The number of amides is 1. The Bertz CT molecular complexity index is 237. The fourth-order valence-corrected chi connectivity index (χ4v) is 2.44. The van der Waals surface area contributed by atoms with E-state index in [1.54, 1.807) is 0 Å². The summed E-state index contributed by atoms with van der Waals surface area (Å²) in [5, 5.41) is 3.11. The standard InChI is InChI=1S/C10H15NO2/c12-10(6-1-2-6)11-8-5-7-3-4-9(8)13-7/h6-9H,1-5H2,(H,11,12)/t7-,8-,9+/m1/s1. The van der Waals surface area contributed by atoms with Crippen LogP contribution >= 0.6 is 0 Å². The number of nitrogens with one attached hydrogen (secondary N) is 1. The maximum Gasteiger partial charge on any atom is 0.223 e. The SMILES string of the molecule is O=C(N[C@@H]1C[C@H]2CC[C@@H]1O2)C1CC1. The summed E-state index contributed by atoms with van der Waals surface area (Å²) in [6, 6.07) is 0.326. The second-order valence-electron chi connectivity index (χ2n) is 4.50. The van der Waals surface area contributed by atoms with Crippen molar-refractivity contribution < 1.29 is 9.53 Å². The largest absolute Gasteiger partial charge is 0.373 e. The molecule has 1 aliphatic carbocycles. The molecule has 0 aromatic heterocycles. The van der Waals surface area contributed by atoms with Crippen molar-refractivity contribution in [3.8, 4) is 0 Å². The van der Waals surface area contributed by atoms with Crippen LogP contribution in [-0.2, 0) is 9.53 Å². The first-order valence-electron chi connectivity index (χ1n) is 5.29. The van der Waals surface area contributed by atoms with E-state index in [1.165, 1.54) is 6.42 Å². The van der Waals surface area contributed by atoms with E-state index in [2.05, 4.69) is 5.32 Å². The van der Waals surface area contributed by atoms with Gasteiger partial charge in [0, 0.05) is 5.92 Å². The number of ether oxygens (including phenoxy) is 1. The quantitative estimate of drug-likeness (QED) is 0.685. The van der Waals surface area contributed by atoms with Gasteiger partial charge in [0.15, 0.2) is 0 Å². The molecule has 3 rings (SSSR count). The van der Waals surface area contributed by atoms with Crippen LogP contribution in [0.25, 0.3) is 0 Å². The van der Waals surface area contributed by atoms with E-state index in [0.29, 0.717) is 24.2 Å². The van der Waals surface area contributed by atoms with Gasteiger partial charge in [0.25, 0.3) is 0 Å². The number of fused-ring (bicyclic) bond motifs is 2. The third-order valence-corrected chi connectivity index (χ3v) is 3.38. The Balaban J connectivity index is 1.58. The highest BCUT2D eigenvalue weighted by Crippen LogP contribution is 2.35. The first-order chi connectivity index (χ1) is 6.33. The van der Waals surface area contributed by atoms with Crippen LogP contribution in [0.1, 0.15) is 32.1 Å². The van der Waals surface area contributed by atoms with E-state index in [0.717, 1.165) is 25.7 Å². The Morgan fingerprint density at radius 3 is 2.62 bits per heavy atom. The van der Waals surface area contributed by atoms with Crippen LogP contribution in [0.15, 0.2) is 0 Å². The van der Waals surface area contributed by atoms with Crippen LogP contribution in [0.5, 0.6) is 0 Å². The molecule has 0 unspecified atom stereocenters. The molecule has 13 heavy (non-hydrogen) atoms.